The van der Waals surface area contributed by atoms with Gasteiger partial charge in [0.15, 0.2) is 6.29 Å². The number of hydrogen-bond donors (Lipinski definition) is 0. The summed E-state index contributed by atoms with van der Waals surface area (Å²) in [5.74, 6) is 0. The molecule has 2 rings (SSSR count). The maximum absolute atomic E-state index is 10.5. The summed E-state index contributed by atoms with van der Waals surface area (Å²) in [6.45, 7) is 0.599. The monoisotopic (exact) mass is 182 g/mol. The van der Waals surface area contributed by atoms with Gasteiger partial charge in [-0.3, -0.25) is 4.79 Å². The van der Waals surface area contributed by atoms with Crippen molar-refractivity contribution in [3.63, 3.8) is 0 Å². The first-order valence-corrected chi connectivity index (χ1v) is 4.91. The lowest BCUT2D eigenvalue weighted by molar-refractivity contribution is 0.103. The van der Waals surface area contributed by atoms with Crippen LogP contribution >= 0.6 is 11.3 Å². The highest BCUT2D eigenvalue weighted by molar-refractivity contribution is 7.11. The highest BCUT2D eigenvalue weighted by atomic mass is 32.1. The van der Waals surface area contributed by atoms with Gasteiger partial charge in [-0.2, -0.15) is 0 Å². The molecule has 0 unspecified atom stereocenters. The van der Waals surface area contributed by atoms with Gasteiger partial charge >= 0.3 is 0 Å². The predicted octanol–water partition coefficient (Wildman–Crippen LogP) is 2.24. The standard InChI is InChI=1S/C9H10O2S/c10-5-9-7(3-4-12-9)6-11-8-1-2-8/h3-5,8H,1-2,6H2. The molecule has 1 saturated carbocycles. The van der Waals surface area contributed by atoms with Crippen LogP contribution in [0.3, 0.4) is 0 Å². The Balaban J connectivity index is 1.95. The van der Waals surface area contributed by atoms with Crippen LogP contribution < -0.4 is 0 Å². The normalized spacial score (nSPS) is 16.3. The van der Waals surface area contributed by atoms with Crippen molar-refractivity contribution in [1.29, 1.82) is 0 Å². The summed E-state index contributed by atoms with van der Waals surface area (Å²) in [7, 11) is 0. The molecule has 0 radical (unpaired) electrons. The Kier molecular flexibility index (Phi) is 2.23. The molecule has 0 atom stereocenters. The Hall–Kier alpha value is -0.670. The van der Waals surface area contributed by atoms with Crippen LogP contribution in [0.5, 0.6) is 0 Å². The molecule has 0 amide bonds. The quantitative estimate of drug-likeness (QED) is 0.667. The maximum Gasteiger partial charge on any atom is 0.160 e. The third kappa shape index (κ3) is 1.73. The van der Waals surface area contributed by atoms with Gasteiger partial charge in [0.1, 0.15) is 0 Å². The smallest absolute Gasteiger partial charge is 0.160 e. The second-order valence-electron chi connectivity index (χ2n) is 2.94. The Morgan fingerprint density at radius 2 is 2.50 bits per heavy atom. The van der Waals surface area contributed by atoms with Crippen LogP contribution in [-0.4, -0.2) is 12.4 Å². The topological polar surface area (TPSA) is 26.3 Å². The highest BCUT2D eigenvalue weighted by Crippen LogP contribution is 2.26. The first-order valence-electron chi connectivity index (χ1n) is 4.03. The van der Waals surface area contributed by atoms with Gasteiger partial charge < -0.3 is 4.74 Å². The summed E-state index contributed by atoms with van der Waals surface area (Å²) in [5.41, 5.74) is 1.03. The van der Waals surface area contributed by atoms with Gasteiger partial charge in [0.2, 0.25) is 0 Å². The fourth-order valence-corrected chi connectivity index (χ4v) is 1.73. The van der Waals surface area contributed by atoms with E-state index in [4.69, 9.17) is 4.74 Å². The van der Waals surface area contributed by atoms with E-state index < -0.39 is 0 Å². The van der Waals surface area contributed by atoms with Crippen molar-refractivity contribution in [3.8, 4) is 0 Å². The molecular formula is C9H10O2S. The Bertz CT molecular complexity index is 276. The van der Waals surface area contributed by atoms with Crippen molar-refractivity contribution in [2.75, 3.05) is 0 Å². The van der Waals surface area contributed by atoms with E-state index >= 15 is 0 Å². The molecular weight excluding hydrogens is 172 g/mol. The number of ether oxygens (including phenoxy) is 1. The Morgan fingerprint density at radius 3 is 3.17 bits per heavy atom. The molecule has 0 bridgehead atoms. The fourth-order valence-electron chi connectivity index (χ4n) is 1.01. The van der Waals surface area contributed by atoms with E-state index in [0.29, 0.717) is 12.7 Å². The van der Waals surface area contributed by atoms with E-state index in [9.17, 15) is 4.79 Å². The van der Waals surface area contributed by atoms with Crippen molar-refractivity contribution >= 4 is 17.6 Å². The minimum absolute atomic E-state index is 0.462. The van der Waals surface area contributed by atoms with Crippen molar-refractivity contribution < 1.29 is 9.53 Å². The summed E-state index contributed by atoms with van der Waals surface area (Å²) >= 11 is 1.47. The van der Waals surface area contributed by atoms with Crippen LogP contribution in [-0.2, 0) is 11.3 Å². The van der Waals surface area contributed by atoms with Crippen LogP contribution in [0.15, 0.2) is 11.4 Å². The summed E-state index contributed by atoms with van der Waals surface area (Å²) in [6, 6.07) is 1.96. The molecule has 3 heteroatoms. The first kappa shape index (κ1) is 7.95. The van der Waals surface area contributed by atoms with Gasteiger partial charge in [-0.05, 0) is 29.9 Å². The molecule has 1 aliphatic carbocycles. The second-order valence-corrected chi connectivity index (χ2v) is 3.89. The van der Waals surface area contributed by atoms with Gasteiger partial charge in [-0.25, -0.2) is 0 Å². The lowest BCUT2D eigenvalue weighted by atomic mass is 10.3. The number of rotatable bonds is 4. The van der Waals surface area contributed by atoms with E-state index in [1.807, 2.05) is 11.4 Å². The molecule has 1 aromatic heterocycles. The number of carbonyl (C=O) groups excluding carboxylic acids is 1. The highest BCUT2D eigenvalue weighted by Gasteiger charge is 2.22. The van der Waals surface area contributed by atoms with Gasteiger partial charge in [0, 0.05) is 0 Å². The minimum Gasteiger partial charge on any atom is -0.373 e. The number of thiophene rings is 1. The zero-order valence-electron chi connectivity index (χ0n) is 6.66. The van der Waals surface area contributed by atoms with E-state index in [-0.39, 0.29) is 0 Å². The van der Waals surface area contributed by atoms with Crippen molar-refractivity contribution in [1.82, 2.24) is 0 Å². The van der Waals surface area contributed by atoms with Crippen molar-refractivity contribution in [2.45, 2.75) is 25.6 Å². The van der Waals surface area contributed by atoms with Crippen molar-refractivity contribution in [2.24, 2.45) is 0 Å². The third-order valence-corrected chi connectivity index (χ3v) is 2.77. The molecule has 0 aromatic carbocycles. The summed E-state index contributed by atoms with van der Waals surface area (Å²) < 4.78 is 5.49. The van der Waals surface area contributed by atoms with Gasteiger partial charge in [0.25, 0.3) is 0 Å². The number of hydrogen-bond acceptors (Lipinski definition) is 3. The minimum atomic E-state index is 0.462. The lowest BCUT2D eigenvalue weighted by Gasteiger charge is -1.99. The first-order chi connectivity index (χ1) is 5.90. The number of carbonyl (C=O) groups is 1. The van der Waals surface area contributed by atoms with Gasteiger partial charge in [0.05, 0.1) is 17.6 Å². The molecule has 0 aliphatic heterocycles. The summed E-state index contributed by atoms with van der Waals surface area (Å²) in [4.78, 5) is 11.3. The van der Waals surface area contributed by atoms with Crippen LogP contribution in [0.4, 0.5) is 0 Å². The summed E-state index contributed by atoms with van der Waals surface area (Å²) in [6.07, 6.45) is 3.72. The van der Waals surface area contributed by atoms with E-state index in [2.05, 4.69) is 0 Å². The summed E-state index contributed by atoms with van der Waals surface area (Å²) in [5, 5.41) is 1.93. The molecule has 1 aliphatic rings. The van der Waals surface area contributed by atoms with Crippen molar-refractivity contribution in [3.05, 3.63) is 21.9 Å². The molecule has 1 aromatic rings. The van der Waals surface area contributed by atoms with Crippen LogP contribution in [0.1, 0.15) is 28.1 Å². The van der Waals surface area contributed by atoms with Crippen LogP contribution in [0.2, 0.25) is 0 Å². The predicted molar refractivity (Wildman–Crippen MR) is 47.5 cm³/mol. The fraction of sp³-hybridized carbons (Fsp3) is 0.444. The van der Waals surface area contributed by atoms with Crippen LogP contribution in [0, 0.1) is 0 Å². The Morgan fingerprint density at radius 1 is 1.67 bits per heavy atom. The average Bonchev–Trinajstić information content (AvgIpc) is 2.81. The van der Waals surface area contributed by atoms with E-state index in [0.717, 1.165) is 16.7 Å². The number of aldehydes is 1. The molecule has 0 spiro atoms. The Labute approximate surface area is 75.2 Å². The molecule has 12 heavy (non-hydrogen) atoms. The zero-order valence-corrected chi connectivity index (χ0v) is 7.47. The molecule has 0 N–H and O–H groups in total. The SMILES string of the molecule is O=Cc1sccc1COC1CC1. The zero-order chi connectivity index (χ0) is 8.39. The largest absolute Gasteiger partial charge is 0.373 e. The van der Waals surface area contributed by atoms with Crippen LogP contribution in [0.25, 0.3) is 0 Å². The average molecular weight is 182 g/mol. The molecule has 0 saturated heterocycles. The third-order valence-electron chi connectivity index (χ3n) is 1.89. The molecule has 2 nitrogen and oxygen atoms in total. The maximum atomic E-state index is 10.5. The van der Waals surface area contributed by atoms with Gasteiger partial charge in [-0.15, -0.1) is 11.3 Å². The lowest BCUT2D eigenvalue weighted by Crippen LogP contribution is -1.95. The second kappa shape index (κ2) is 3.37. The van der Waals surface area contributed by atoms with E-state index in [1.165, 1.54) is 24.2 Å². The molecule has 1 fully saturated rings. The molecule has 64 valence electrons. The van der Waals surface area contributed by atoms with E-state index in [1.54, 1.807) is 0 Å². The van der Waals surface area contributed by atoms with Gasteiger partial charge in [-0.1, -0.05) is 0 Å². The molecule has 1 heterocycles.